The smallest absolute Gasteiger partial charge is 0.00488 e. The van der Waals surface area contributed by atoms with Crippen molar-refractivity contribution >= 4 is 0 Å². The highest BCUT2D eigenvalue weighted by Crippen LogP contribution is 2.33. The van der Waals surface area contributed by atoms with E-state index in [4.69, 9.17) is 0 Å². The predicted octanol–water partition coefficient (Wildman–Crippen LogP) is 4.91. The Morgan fingerprint density at radius 2 is 0.889 bits per heavy atom. The first-order valence-electron chi connectivity index (χ1n) is 8.67. The molecule has 1 atom stereocenters. The summed E-state index contributed by atoms with van der Waals surface area (Å²) in [6.45, 7) is 2.53. The van der Waals surface area contributed by atoms with Crippen LogP contribution in [0.5, 0.6) is 0 Å². The topological polar surface area (TPSA) is 12.0 Å². The Kier molecular flexibility index (Phi) is 7.15. The van der Waals surface area contributed by atoms with Crippen LogP contribution in [0.25, 0.3) is 0 Å². The second-order valence-electron chi connectivity index (χ2n) is 6.61. The van der Waals surface area contributed by atoms with Gasteiger partial charge in [-0.05, 0) is 44.2 Å². The van der Waals surface area contributed by atoms with Gasteiger partial charge in [-0.1, -0.05) is 64.2 Å². The van der Waals surface area contributed by atoms with E-state index in [0.717, 1.165) is 11.8 Å². The maximum atomic E-state index is 3.58. The summed E-state index contributed by atoms with van der Waals surface area (Å²) in [5.74, 6) is 2.13. The maximum Gasteiger partial charge on any atom is -0.00488 e. The standard InChI is InChI=1S/C17H33N/c1-2-4-6-11-16(10-5-3-1)17-12-7-8-14-18-15-9-13-17/h16-18H,1-15H2. The summed E-state index contributed by atoms with van der Waals surface area (Å²) < 4.78 is 0. The minimum Gasteiger partial charge on any atom is -0.317 e. The molecular formula is C17H33N. The molecule has 0 spiro atoms. The molecule has 0 bridgehead atoms. The van der Waals surface area contributed by atoms with Crippen LogP contribution in [0.1, 0.15) is 83.5 Å². The molecule has 2 fully saturated rings. The van der Waals surface area contributed by atoms with Crippen LogP contribution >= 0.6 is 0 Å². The lowest BCUT2D eigenvalue weighted by molar-refractivity contribution is 0.248. The molecule has 1 saturated carbocycles. The summed E-state index contributed by atoms with van der Waals surface area (Å²) in [7, 11) is 0. The normalized spacial score (nSPS) is 30.3. The van der Waals surface area contributed by atoms with Crippen molar-refractivity contribution in [3.05, 3.63) is 0 Å². The third kappa shape index (κ3) is 5.30. The zero-order chi connectivity index (χ0) is 12.5. The molecule has 1 heteroatoms. The molecule has 0 aromatic rings. The quantitative estimate of drug-likeness (QED) is 0.698. The zero-order valence-electron chi connectivity index (χ0n) is 12.3. The molecule has 0 radical (unpaired) electrons. The second-order valence-corrected chi connectivity index (χ2v) is 6.61. The molecule has 0 amide bonds. The molecule has 1 unspecified atom stereocenters. The van der Waals surface area contributed by atoms with Gasteiger partial charge in [0.05, 0.1) is 0 Å². The van der Waals surface area contributed by atoms with Crippen molar-refractivity contribution < 1.29 is 0 Å². The Morgan fingerprint density at radius 1 is 0.444 bits per heavy atom. The van der Waals surface area contributed by atoms with Crippen LogP contribution in [0.3, 0.4) is 0 Å². The molecule has 1 heterocycles. The van der Waals surface area contributed by atoms with Gasteiger partial charge in [-0.3, -0.25) is 0 Å². The van der Waals surface area contributed by atoms with Gasteiger partial charge in [-0.15, -0.1) is 0 Å². The lowest BCUT2D eigenvalue weighted by Crippen LogP contribution is -2.17. The van der Waals surface area contributed by atoms with Gasteiger partial charge < -0.3 is 5.32 Å². The van der Waals surface area contributed by atoms with E-state index in [1.807, 2.05) is 0 Å². The first kappa shape index (κ1) is 14.4. The Labute approximate surface area is 114 Å². The predicted molar refractivity (Wildman–Crippen MR) is 79.9 cm³/mol. The molecule has 2 aliphatic rings. The molecule has 1 aliphatic carbocycles. The highest BCUT2D eigenvalue weighted by Gasteiger charge is 2.21. The Hall–Kier alpha value is -0.0400. The van der Waals surface area contributed by atoms with Crippen LogP contribution < -0.4 is 5.32 Å². The molecule has 18 heavy (non-hydrogen) atoms. The molecular weight excluding hydrogens is 218 g/mol. The van der Waals surface area contributed by atoms with Gasteiger partial charge in [-0.2, -0.15) is 0 Å². The van der Waals surface area contributed by atoms with E-state index in [1.165, 1.54) is 96.6 Å². The van der Waals surface area contributed by atoms with E-state index in [0.29, 0.717) is 0 Å². The largest absolute Gasteiger partial charge is 0.317 e. The first-order chi connectivity index (χ1) is 8.97. The van der Waals surface area contributed by atoms with E-state index in [2.05, 4.69) is 5.32 Å². The SMILES string of the molecule is C1CCCCC(C2CCCCNCCC2)CCC1. The minimum atomic E-state index is 1.06. The summed E-state index contributed by atoms with van der Waals surface area (Å²) in [6, 6.07) is 0. The van der Waals surface area contributed by atoms with Gasteiger partial charge in [0.1, 0.15) is 0 Å². The molecule has 1 N–H and O–H groups in total. The lowest BCUT2D eigenvalue weighted by atomic mass is 9.79. The van der Waals surface area contributed by atoms with Gasteiger partial charge in [0.15, 0.2) is 0 Å². The van der Waals surface area contributed by atoms with Crippen molar-refractivity contribution in [3.63, 3.8) is 0 Å². The number of rotatable bonds is 1. The summed E-state index contributed by atoms with van der Waals surface area (Å²) in [5.41, 5.74) is 0. The van der Waals surface area contributed by atoms with Crippen LogP contribution in [-0.2, 0) is 0 Å². The molecule has 1 saturated heterocycles. The highest BCUT2D eigenvalue weighted by atomic mass is 14.8. The van der Waals surface area contributed by atoms with E-state index >= 15 is 0 Å². The van der Waals surface area contributed by atoms with E-state index in [-0.39, 0.29) is 0 Å². The first-order valence-corrected chi connectivity index (χ1v) is 8.67. The number of nitrogens with one attached hydrogen (secondary N) is 1. The molecule has 0 aromatic heterocycles. The third-order valence-electron chi connectivity index (χ3n) is 5.17. The van der Waals surface area contributed by atoms with Gasteiger partial charge in [-0.25, -0.2) is 0 Å². The van der Waals surface area contributed by atoms with E-state index in [1.54, 1.807) is 0 Å². The zero-order valence-corrected chi connectivity index (χ0v) is 12.3. The van der Waals surface area contributed by atoms with Crippen molar-refractivity contribution in [3.8, 4) is 0 Å². The van der Waals surface area contributed by atoms with Crippen LogP contribution in [0.4, 0.5) is 0 Å². The Morgan fingerprint density at radius 3 is 1.56 bits per heavy atom. The molecule has 1 nitrogen and oxygen atoms in total. The van der Waals surface area contributed by atoms with E-state index in [9.17, 15) is 0 Å². The van der Waals surface area contributed by atoms with Gasteiger partial charge >= 0.3 is 0 Å². The number of hydrogen-bond donors (Lipinski definition) is 1. The van der Waals surface area contributed by atoms with Crippen LogP contribution in [0.2, 0.25) is 0 Å². The van der Waals surface area contributed by atoms with Crippen molar-refractivity contribution in [2.45, 2.75) is 83.5 Å². The second kappa shape index (κ2) is 8.96. The summed E-state index contributed by atoms with van der Waals surface area (Å²) in [6.07, 6.45) is 19.4. The summed E-state index contributed by atoms with van der Waals surface area (Å²) in [5, 5.41) is 3.58. The third-order valence-corrected chi connectivity index (χ3v) is 5.17. The summed E-state index contributed by atoms with van der Waals surface area (Å²) in [4.78, 5) is 0. The Balaban J connectivity index is 1.83. The monoisotopic (exact) mass is 251 g/mol. The number of hydrogen-bond acceptors (Lipinski definition) is 1. The Bertz CT molecular complexity index is 160. The molecule has 106 valence electrons. The van der Waals surface area contributed by atoms with Crippen molar-refractivity contribution in [1.82, 2.24) is 5.32 Å². The average Bonchev–Trinajstić information content (AvgIpc) is 2.61. The molecule has 1 aliphatic heterocycles. The maximum absolute atomic E-state index is 3.58. The fourth-order valence-electron chi connectivity index (χ4n) is 4.02. The van der Waals surface area contributed by atoms with Crippen molar-refractivity contribution in [1.29, 1.82) is 0 Å². The van der Waals surface area contributed by atoms with Gasteiger partial charge in [0.25, 0.3) is 0 Å². The average molecular weight is 251 g/mol. The highest BCUT2D eigenvalue weighted by molar-refractivity contribution is 4.74. The van der Waals surface area contributed by atoms with Crippen molar-refractivity contribution in [2.24, 2.45) is 11.8 Å². The fraction of sp³-hybridized carbons (Fsp3) is 1.00. The summed E-state index contributed by atoms with van der Waals surface area (Å²) >= 11 is 0. The van der Waals surface area contributed by atoms with E-state index < -0.39 is 0 Å². The van der Waals surface area contributed by atoms with Crippen LogP contribution in [-0.4, -0.2) is 13.1 Å². The molecule has 2 rings (SSSR count). The molecule has 0 aromatic carbocycles. The minimum absolute atomic E-state index is 1.06. The van der Waals surface area contributed by atoms with Crippen LogP contribution in [0, 0.1) is 11.8 Å². The van der Waals surface area contributed by atoms with Gasteiger partial charge in [0.2, 0.25) is 0 Å². The fourth-order valence-corrected chi connectivity index (χ4v) is 4.02. The lowest BCUT2D eigenvalue weighted by Gasteiger charge is -2.27. The van der Waals surface area contributed by atoms with Gasteiger partial charge in [0, 0.05) is 0 Å². The van der Waals surface area contributed by atoms with Crippen molar-refractivity contribution in [2.75, 3.05) is 13.1 Å². The van der Waals surface area contributed by atoms with Crippen LogP contribution in [0.15, 0.2) is 0 Å².